The lowest BCUT2D eigenvalue weighted by molar-refractivity contribution is 0.0952. The van der Waals surface area contributed by atoms with E-state index >= 15 is 0 Å². The van der Waals surface area contributed by atoms with E-state index in [9.17, 15) is 4.79 Å². The predicted octanol–water partition coefficient (Wildman–Crippen LogP) is 2.13. The summed E-state index contributed by atoms with van der Waals surface area (Å²) in [4.78, 5) is 27.8. The molecule has 4 aromatic rings. The molecule has 0 aliphatic heterocycles. The van der Waals surface area contributed by atoms with Crippen molar-refractivity contribution in [2.24, 2.45) is 0 Å². The number of hydrogen-bond donors (Lipinski definition) is 1. The van der Waals surface area contributed by atoms with E-state index in [0.29, 0.717) is 17.8 Å². The van der Waals surface area contributed by atoms with Gasteiger partial charge in [-0.15, -0.1) is 0 Å². The first-order valence-corrected chi connectivity index (χ1v) is 9.34. The smallest absolute Gasteiger partial charge is 0.257 e. The highest BCUT2D eigenvalue weighted by atomic mass is 16.1. The zero-order valence-electron chi connectivity index (χ0n) is 16.1. The van der Waals surface area contributed by atoms with Crippen LogP contribution >= 0.6 is 0 Å². The molecule has 4 aromatic heterocycles. The number of nitrogens with one attached hydrogen (secondary N) is 1. The first kappa shape index (κ1) is 18.5. The highest BCUT2D eigenvalue weighted by molar-refractivity contribution is 5.99. The lowest BCUT2D eigenvalue weighted by Gasteiger charge is -2.21. The minimum Gasteiger partial charge on any atom is -0.359 e. The summed E-state index contributed by atoms with van der Waals surface area (Å²) in [7, 11) is 1.99. The monoisotopic (exact) mass is 387 g/mol. The summed E-state index contributed by atoms with van der Waals surface area (Å²) < 4.78 is 1.58. The Balaban J connectivity index is 1.43. The predicted molar refractivity (Wildman–Crippen MR) is 110 cm³/mol. The van der Waals surface area contributed by atoms with Crippen LogP contribution in [0.2, 0.25) is 0 Å². The Bertz CT molecular complexity index is 1110. The number of fused-ring (bicyclic) bond motifs is 1. The van der Waals surface area contributed by atoms with Crippen LogP contribution in [0.1, 0.15) is 21.6 Å². The molecule has 1 N–H and O–H groups in total. The van der Waals surface area contributed by atoms with Crippen molar-refractivity contribution in [3.63, 3.8) is 0 Å². The topological polar surface area (TPSA) is 88.3 Å². The molecule has 29 heavy (non-hydrogen) atoms. The average Bonchev–Trinajstić information content (AvgIpc) is 3.21. The molecule has 8 heteroatoms. The van der Waals surface area contributed by atoms with Gasteiger partial charge in [-0.2, -0.15) is 5.10 Å². The van der Waals surface area contributed by atoms with Gasteiger partial charge in [-0.1, -0.05) is 12.1 Å². The number of anilines is 1. The summed E-state index contributed by atoms with van der Waals surface area (Å²) >= 11 is 0. The molecular weight excluding hydrogens is 366 g/mol. The van der Waals surface area contributed by atoms with Crippen LogP contribution in [0.15, 0.2) is 67.4 Å². The molecular formula is C21H21N7O. The van der Waals surface area contributed by atoms with E-state index in [0.717, 1.165) is 30.0 Å². The van der Waals surface area contributed by atoms with Gasteiger partial charge in [-0.3, -0.25) is 9.78 Å². The number of amides is 1. The van der Waals surface area contributed by atoms with Gasteiger partial charge in [0.05, 0.1) is 6.20 Å². The standard InChI is InChI=1S/C21H21N7O/c1-27(13-8-17-7-2-3-9-22-17)19-16(6-4-10-23-19)14-25-21(29)18-15-26-28-12-5-11-24-20(18)28/h2-7,9-12,15H,8,13-14H2,1H3,(H,25,29). The molecule has 0 fully saturated rings. The zero-order chi connectivity index (χ0) is 20.1. The maximum absolute atomic E-state index is 12.6. The molecule has 146 valence electrons. The summed E-state index contributed by atoms with van der Waals surface area (Å²) in [5.41, 5.74) is 2.95. The van der Waals surface area contributed by atoms with Crippen LogP contribution in [0.5, 0.6) is 0 Å². The SMILES string of the molecule is CN(CCc1ccccn1)c1ncccc1CNC(=O)c1cnn2cccnc12. The molecule has 0 saturated heterocycles. The van der Waals surface area contributed by atoms with Crippen LogP contribution < -0.4 is 10.2 Å². The van der Waals surface area contributed by atoms with Crippen molar-refractivity contribution in [2.45, 2.75) is 13.0 Å². The van der Waals surface area contributed by atoms with Gasteiger partial charge in [0.15, 0.2) is 5.65 Å². The number of carbonyl (C=O) groups excluding carboxylic acids is 1. The van der Waals surface area contributed by atoms with Gasteiger partial charge in [0.25, 0.3) is 5.91 Å². The Morgan fingerprint density at radius 3 is 2.79 bits per heavy atom. The van der Waals surface area contributed by atoms with Crippen LogP contribution in [-0.4, -0.2) is 44.1 Å². The van der Waals surface area contributed by atoms with Crippen molar-refractivity contribution < 1.29 is 4.79 Å². The molecule has 4 rings (SSSR count). The summed E-state index contributed by atoms with van der Waals surface area (Å²) in [5, 5.41) is 7.11. The molecule has 0 radical (unpaired) electrons. The van der Waals surface area contributed by atoms with E-state index in [2.05, 4.69) is 30.3 Å². The maximum Gasteiger partial charge on any atom is 0.257 e. The molecule has 0 atom stereocenters. The van der Waals surface area contributed by atoms with Gasteiger partial charge in [-0.05, 0) is 24.3 Å². The van der Waals surface area contributed by atoms with E-state index in [-0.39, 0.29) is 5.91 Å². The fourth-order valence-corrected chi connectivity index (χ4v) is 3.10. The molecule has 0 bridgehead atoms. The Hall–Kier alpha value is -3.81. The summed E-state index contributed by atoms with van der Waals surface area (Å²) in [6.07, 6.45) is 9.30. The number of nitrogens with zero attached hydrogens (tertiary/aromatic N) is 6. The third-order valence-electron chi connectivity index (χ3n) is 4.62. The number of likely N-dealkylation sites (N-methyl/N-ethyl adjacent to an activating group) is 1. The van der Waals surface area contributed by atoms with E-state index in [1.165, 1.54) is 6.20 Å². The molecule has 0 aromatic carbocycles. The van der Waals surface area contributed by atoms with Crippen molar-refractivity contribution in [3.05, 3.63) is 84.2 Å². The first-order chi connectivity index (χ1) is 14.2. The molecule has 0 aliphatic carbocycles. The summed E-state index contributed by atoms with van der Waals surface area (Å²) in [6.45, 7) is 1.13. The largest absolute Gasteiger partial charge is 0.359 e. The van der Waals surface area contributed by atoms with Crippen molar-refractivity contribution in [2.75, 3.05) is 18.5 Å². The van der Waals surface area contributed by atoms with Gasteiger partial charge in [0, 0.05) is 62.6 Å². The molecule has 1 amide bonds. The lowest BCUT2D eigenvalue weighted by Crippen LogP contribution is -2.27. The summed E-state index contributed by atoms with van der Waals surface area (Å²) in [5.74, 6) is 0.617. The fraction of sp³-hybridized carbons (Fsp3) is 0.190. The van der Waals surface area contributed by atoms with Crippen molar-refractivity contribution in [1.82, 2.24) is 29.9 Å². The van der Waals surface area contributed by atoms with Crippen LogP contribution in [0, 0.1) is 0 Å². The van der Waals surface area contributed by atoms with Gasteiger partial charge < -0.3 is 10.2 Å². The number of carbonyl (C=O) groups is 1. The molecule has 0 unspecified atom stereocenters. The van der Waals surface area contributed by atoms with Crippen LogP contribution in [0.3, 0.4) is 0 Å². The second-order valence-electron chi connectivity index (χ2n) is 6.61. The quantitative estimate of drug-likeness (QED) is 0.523. The highest BCUT2D eigenvalue weighted by Crippen LogP contribution is 2.16. The van der Waals surface area contributed by atoms with E-state index in [1.54, 1.807) is 35.4 Å². The van der Waals surface area contributed by atoms with Gasteiger partial charge in [0.1, 0.15) is 11.4 Å². The van der Waals surface area contributed by atoms with Crippen LogP contribution in [0.25, 0.3) is 5.65 Å². The Morgan fingerprint density at radius 2 is 1.93 bits per heavy atom. The third-order valence-corrected chi connectivity index (χ3v) is 4.62. The van der Waals surface area contributed by atoms with E-state index in [1.807, 2.05) is 37.4 Å². The van der Waals surface area contributed by atoms with Crippen molar-refractivity contribution >= 4 is 17.4 Å². The van der Waals surface area contributed by atoms with Gasteiger partial charge in [0.2, 0.25) is 0 Å². The number of hydrogen-bond acceptors (Lipinski definition) is 6. The van der Waals surface area contributed by atoms with Crippen molar-refractivity contribution in [1.29, 1.82) is 0 Å². The lowest BCUT2D eigenvalue weighted by atomic mass is 10.2. The maximum atomic E-state index is 12.6. The van der Waals surface area contributed by atoms with Gasteiger partial charge in [-0.25, -0.2) is 14.5 Å². The van der Waals surface area contributed by atoms with Crippen molar-refractivity contribution in [3.8, 4) is 0 Å². The third kappa shape index (κ3) is 4.21. The second kappa shape index (κ2) is 8.47. The average molecular weight is 387 g/mol. The van der Waals surface area contributed by atoms with Gasteiger partial charge >= 0.3 is 0 Å². The molecule has 8 nitrogen and oxygen atoms in total. The van der Waals surface area contributed by atoms with E-state index < -0.39 is 0 Å². The Labute approximate surface area is 168 Å². The number of aromatic nitrogens is 5. The summed E-state index contributed by atoms with van der Waals surface area (Å²) in [6, 6.07) is 11.5. The minimum atomic E-state index is -0.218. The Morgan fingerprint density at radius 1 is 1.07 bits per heavy atom. The number of pyridine rings is 2. The highest BCUT2D eigenvalue weighted by Gasteiger charge is 2.15. The minimum absolute atomic E-state index is 0.218. The van der Waals surface area contributed by atoms with E-state index in [4.69, 9.17) is 0 Å². The molecule has 0 saturated carbocycles. The fourth-order valence-electron chi connectivity index (χ4n) is 3.10. The number of rotatable bonds is 7. The zero-order valence-corrected chi connectivity index (χ0v) is 16.1. The molecule has 4 heterocycles. The Kier molecular flexibility index (Phi) is 5.42. The van der Waals surface area contributed by atoms with Crippen LogP contribution in [-0.2, 0) is 13.0 Å². The normalized spacial score (nSPS) is 10.8. The molecule has 0 spiro atoms. The first-order valence-electron chi connectivity index (χ1n) is 9.34. The second-order valence-corrected chi connectivity index (χ2v) is 6.61. The van der Waals surface area contributed by atoms with Crippen LogP contribution in [0.4, 0.5) is 5.82 Å². The molecule has 0 aliphatic rings.